The van der Waals surface area contributed by atoms with Gasteiger partial charge < -0.3 is 10.4 Å². The normalized spacial score (nSPS) is 19.3. The van der Waals surface area contributed by atoms with E-state index < -0.39 is 0 Å². The van der Waals surface area contributed by atoms with E-state index in [0.717, 1.165) is 29.8 Å². The van der Waals surface area contributed by atoms with Crippen molar-refractivity contribution < 1.29 is 5.11 Å². The summed E-state index contributed by atoms with van der Waals surface area (Å²) in [5.41, 5.74) is 2.35. The Labute approximate surface area is 117 Å². The second kappa shape index (κ2) is 5.31. The number of benzene rings is 1. The van der Waals surface area contributed by atoms with Crippen LogP contribution in [-0.2, 0) is 6.42 Å². The third-order valence-corrected chi connectivity index (χ3v) is 4.70. The third-order valence-electron chi connectivity index (χ3n) is 3.81. The molecule has 2 N–H and O–H groups in total. The summed E-state index contributed by atoms with van der Waals surface area (Å²) in [6, 6.07) is 6.46. The quantitative estimate of drug-likeness (QED) is 0.895. The number of aromatic nitrogens is 1. The summed E-state index contributed by atoms with van der Waals surface area (Å²) in [6.07, 6.45) is 4.89. The minimum atomic E-state index is 0.304. The standard InChI is InChI=1S/C15H18N2OS/c1-2-12(15-16-8-9-19-15)17-13-7-6-11-10(13)4-3-5-14(11)18/h3-5,8-9,12-13,17-18H,2,6-7H2,1H3. The van der Waals surface area contributed by atoms with Gasteiger partial charge in [0.05, 0.1) is 6.04 Å². The van der Waals surface area contributed by atoms with Crippen molar-refractivity contribution >= 4 is 11.3 Å². The number of hydrogen-bond donors (Lipinski definition) is 2. The van der Waals surface area contributed by atoms with Gasteiger partial charge in [-0.1, -0.05) is 19.1 Å². The molecule has 0 fully saturated rings. The minimum absolute atomic E-state index is 0.304. The smallest absolute Gasteiger partial charge is 0.119 e. The van der Waals surface area contributed by atoms with Gasteiger partial charge in [0.1, 0.15) is 10.8 Å². The molecule has 1 aromatic heterocycles. The molecule has 0 saturated carbocycles. The number of fused-ring (bicyclic) bond motifs is 1. The van der Waals surface area contributed by atoms with Crippen molar-refractivity contribution in [3.05, 3.63) is 45.9 Å². The SMILES string of the molecule is CCC(NC1CCc2c(O)cccc21)c1nccs1. The van der Waals surface area contributed by atoms with E-state index in [2.05, 4.69) is 23.3 Å². The first-order valence-corrected chi connectivity index (χ1v) is 7.63. The summed E-state index contributed by atoms with van der Waals surface area (Å²) in [7, 11) is 0. The van der Waals surface area contributed by atoms with Crippen molar-refractivity contribution in [2.75, 3.05) is 0 Å². The second-order valence-electron chi connectivity index (χ2n) is 4.93. The highest BCUT2D eigenvalue weighted by Crippen LogP contribution is 2.38. The van der Waals surface area contributed by atoms with E-state index in [1.807, 2.05) is 17.6 Å². The zero-order valence-corrected chi connectivity index (χ0v) is 11.8. The molecule has 1 aliphatic rings. The Hall–Kier alpha value is -1.39. The lowest BCUT2D eigenvalue weighted by Crippen LogP contribution is -2.24. The monoisotopic (exact) mass is 274 g/mol. The van der Waals surface area contributed by atoms with E-state index >= 15 is 0 Å². The van der Waals surface area contributed by atoms with Crippen LogP contribution in [0, 0.1) is 0 Å². The second-order valence-corrected chi connectivity index (χ2v) is 5.86. The molecule has 19 heavy (non-hydrogen) atoms. The molecule has 0 bridgehead atoms. The fourth-order valence-corrected chi connectivity index (χ4v) is 3.60. The third kappa shape index (κ3) is 2.38. The number of hydrogen-bond acceptors (Lipinski definition) is 4. The molecule has 1 heterocycles. The summed E-state index contributed by atoms with van der Waals surface area (Å²) in [4.78, 5) is 4.41. The lowest BCUT2D eigenvalue weighted by molar-refractivity contribution is 0.432. The number of thiazole rings is 1. The largest absolute Gasteiger partial charge is 0.508 e. The zero-order chi connectivity index (χ0) is 13.2. The zero-order valence-electron chi connectivity index (χ0n) is 11.0. The van der Waals surface area contributed by atoms with Gasteiger partial charge in [0.15, 0.2) is 0 Å². The summed E-state index contributed by atoms with van der Waals surface area (Å²) in [5.74, 6) is 0.434. The topological polar surface area (TPSA) is 45.1 Å². The summed E-state index contributed by atoms with van der Waals surface area (Å²) >= 11 is 1.70. The molecule has 100 valence electrons. The predicted octanol–water partition coefficient (Wildman–Crippen LogP) is 3.58. The van der Waals surface area contributed by atoms with Gasteiger partial charge in [-0.15, -0.1) is 11.3 Å². The van der Waals surface area contributed by atoms with Gasteiger partial charge in [-0.2, -0.15) is 0 Å². The molecular weight excluding hydrogens is 256 g/mol. The molecule has 2 unspecified atom stereocenters. The van der Waals surface area contributed by atoms with Crippen molar-refractivity contribution in [3.8, 4) is 5.75 Å². The molecule has 2 atom stereocenters. The average Bonchev–Trinajstić information content (AvgIpc) is 3.06. The first kappa shape index (κ1) is 12.6. The minimum Gasteiger partial charge on any atom is -0.508 e. The van der Waals surface area contributed by atoms with Gasteiger partial charge in [-0.3, -0.25) is 0 Å². The van der Waals surface area contributed by atoms with Gasteiger partial charge in [-0.05, 0) is 36.5 Å². The summed E-state index contributed by atoms with van der Waals surface area (Å²) in [5, 5.41) is 16.7. The van der Waals surface area contributed by atoms with E-state index in [9.17, 15) is 5.11 Å². The van der Waals surface area contributed by atoms with Crippen molar-refractivity contribution in [2.45, 2.75) is 38.3 Å². The Morgan fingerprint density at radius 1 is 1.53 bits per heavy atom. The molecule has 0 spiro atoms. The molecule has 0 amide bonds. The van der Waals surface area contributed by atoms with Crippen LogP contribution < -0.4 is 5.32 Å². The van der Waals surface area contributed by atoms with Crippen LogP contribution in [0.25, 0.3) is 0 Å². The lowest BCUT2D eigenvalue weighted by atomic mass is 10.1. The van der Waals surface area contributed by atoms with E-state index in [4.69, 9.17) is 0 Å². The van der Waals surface area contributed by atoms with Crippen molar-refractivity contribution in [3.63, 3.8) is 0 Å². The molecular formula is C15H18N2OS. The fraction of sp³-hybridized carbons (Fsp3) is 0.400. The maximum Gasteiger partial charge on any atom is 0.119 e. The predicted molar refractivity (Wildman–Crippen MR) is 77.5 cm³/mol. The van der Waals surface area contributed by atoms with Gasteiger partial charge >= 0.3 is 0 Å². The van der Waals surface area contributed by atoms with E-state index in [1.165, 1.54) is 5.56 Å². The first-order chi connectivity index (χ1) is 9.29. The highest BCUT2D eigenvalue weighted by atomic mass is 32.1. The molecule has 0 aliphatic heterocycles. The maximum absolute atomic E-state index is 9.89. The van der Waals surface area contributed by atoms with Crippen LogP contribution in [0.15, 0.2) is 29.8 Å². The molecule has 1 aromatic carbocycles. The summed E-state index contributed by atoms with van der Waals surface area (Å²) in [6.45, 7) is 2.18. The Kier molecular flexibility index (Phi) is 3.53. The highest BCUT2D eigenvalue weighted by molar-refractivity contribution is 7.09. The Morgan fingerprint density at radius 3 is 3.16 bits per heavy atom. The molecule has 2 aromatic rings. The maximum atomic E-state index is 9.89. The number of aromatic hydroxyl groups is 1. The van der Waals surface area contributed by atoms with Gasteiger partial charge in [0.2, 0.25) is 0 Å². The first-order valence-electron chi connectivity index (χ1n) is 6.75. The van der Waals surface area contributed by atoms with Crippen LogP contribution in [0.1, 0.15) is 48.0 Å². The molecule has 0 radical (unpaired) electrons. The average molecular weight is 274 g/mol. The molecule has 1 aliphatic carbocycles. The molecule has 3 nitrogen and oxygen atoms in total. The number of rotatable bonds is 4. The molecule has 0 saturated heterocycles. The van der Waals surface area contributed by atoms with Gasteiger partial charge in [0.25, 0.3) is 0 Å². The molecule has 3 rings (SSSR count). The van der Waals surface area contributed by atoms with Crippen LogP contribution in [0.2, 0.25) is 0 Å². The number of phenolic OH excluding ortho intramolecular Hbond substituents is 1. The van der Waals surface area contributed by atoms with E-state index in [-0.39, 0.29) is 0 Å². The highest BCUT2D eigenvalue weighted by Gasteiger charge is 2.27. The van der Waals surface area contributed by atoms with Gasteiger partial charge in [0, 0.05) is 17.6 Å². The van der Waals surface area contributed by atoms with Crippen LogP contribution in [-0.4, -0.2) is 10.1 Å². The Balaban J connectivity index is 1.81. The van der Waals surface area contributed by atoms with Crippen LogP contribution in [0.3, 0.4) is 0 Å². The van der Waals surface area contributed by atoms with Crippen molar-refractivity contribution in [2.24, 2.45) is 0 Å². The van der Waals surface area contributed by atoms with E-state index in [0.29, 0.717) is 17.8 Å². The number of nitrogens with zero attached hydrogens (tertiary/aromatic N) is 1. The Bertz CT molecular complexity index is 553. The van der Waals surface area contributed by atoms with Gasteiger partial charge in [-0.25, -0.2) is 4.98 Å². The van der Waals surface area contributed by atoms with E-state index in [1.54, 1.807) is 17.4 Å². The number of phenols is 1. The lowest BCUT2D eigenvalue weighted by Gasteiger charge is -2.21. The van der Waals surface area contributed by atoms with Crippen LogP contribution in [0.4, 0.5) is 0 Å². The van der Waals surface area contributed by atoms with Crippen molar-refractivity contribution in [1.29, 1.82) is 0 Å². The van der Waals surface area contributed by atoms with Crippen molar-refractivity contribution in [1.82, 2.24) is 10.3 Å². The molecule has 4 heteroatoms. The van der Waals surface area contributed by atoms with Crippen LogP contribution in [0.5, 0.6) is 5.75 Å². The fourth-order valence-electron chi connectivity index (χ4n) is 2.82. The Morgan fingerprint density at radius 2 is 2.42 bits per heavy atom. The summed E-state index contributed by atoms with van der Waals surface area (Å²) < 4.78 is 0. The number of nitrogens with one attached hydrogen (secondary N) is 1. The van der Waals surface area contributed by atoms with Crippen LogP contribution >= 0.6 is 11.3 Å².